The molecule has 3 heteroatoms. The maximum Gasteiger partial charge on any atom is 0.0191 e. The molecule has 1 heterocycles. The zero-order valence-electron chi connectivity index (χ0n) is 8.99. The first-order chi connectivity index (χ1) is 6.11. The van der Waals surface area contributed by atoms with Crippen molar-refractivity contribution in [1.82, 2.24) is 4.90 Å². The van der Waals surface area contributed by atoms with E-state index in [0.717, 1.165) is 6.54 Å². The largest absolute Gasteiger partial charge is 0.326 e. The van der Waals surface area contributed by atoms with Crippen molar-refractivity contribution in [1.29, 1.82) is 0 Å². The Labute approximate surface area is 86.2 Å². The lowest BCUT2D eigenvalue weighted by Crippen LogP contribution is -2.48. The summed E-state index contributed by atoms with van der Waals surface area (Å²) in [6.07, 6.45) is 0. The molecule has 1 rings (SSSR count). The average molecular weight is 202 g/mol. The Hall–Kier alpha value is 0.270. The Morgan fingerprint density at radius 1 is 1.54 bits per heavy atom. The van der Waals surface area contributed by atoms with Crippen LogP contribution in [-0.4, -0.2) is 41.6 Å². The second-order valence-electron chi connectivity index (χ2n) is 4.33. The molecule has 0 aromatic heterocycles. The molecule has 1 unspecified atom stereocenters. The molecule has 0 spiro atoms. The average Bonchev–Trinajstić information content (AvgIpc) is 2.08. The van der Waals surface area contributed by atoms with Crippen molar-refractivity contribution < 1.29 is 0 Å². The maximum atomic E-state index is 6.06. The number of hydrogen-bond donors (Lipinski definition) is 1. The van der Waals surface area contributed by atoms with Gasteiger partial charge in [-0.15, -0.1) is 0 Å². The van der Waals surface area contributed by atoms with Gasteiger partial charge in [0.15, 0.2) is 0 Å². The molecule has 0 aromatic carbocycles. The molecular formula is C10H22N2S. The summed E-state index contributed by atoms with van der Waals surface area (Å²) < 4.78 is 0. The maximum absolute atomic E-state index is 6.06. The van der Waals surface area contributed by atoms with Crippen LogP contribution in [0, 0.1) is 5.92 Å². The molecule has 1 saturated heterocycles. The third kappa shape index (κ3) is 3.49. The second-order valence-corrected chi connectivity index (χ2v) is 5.48. The van der Waals surface area contributed by atoms with Gasteiger partial charge in [-0.2, -0.15) is 11.8 Å². The van der Waals surface area contributed by atoms with Crippen LogP contribution in [-0.2, 0) is 0 Å². The van der Waals surface area contributed by atoms with Gasteiger partial charge in [0.05, 0.1) is 0 Å². The monoisotopic (exact) mass is 202 g/mol. The lowest BCUT2D eigenvalue weighted by molar-refractivity contribution is 0.203. The molecule has 2 atom stereocenters. The van der Waals surface area contributed by atoms with E-state index in [0.29, 0.717) is 18.0 Å². The number of thioether (sulfide) groups is 1. The predicted molar refractivity (Wildman–Crippen MR) is 61.2 cm³/mol. The van der Waals surface area contributed by atoms with Crippen LogP contribution in [0.5, 0.6) is 0 Å². The molecule has 1 aliphatic heterocycles. The summed E-state index contributed by atoms with van der Waals surface area (Å²) in [7, 11) is 0. The van der Waals surface area contributed by atoms with Crippen LogP contribution >= 0.6 is 11.8 Å². The minimum Gasteiger partial charge on any atom is -0.326 e. The third-order valence-corrected chi connectivity index (χ3v) is 4.00. The van der Waals surface area contributed by atoms with Crippen molar-refractivity contribution in [2.45, 2.75) is 32.9 Å². The van der Waals surface area contributed by atoms with E-state index in [4.69, 9.17) is 5.73 Å². The van der Waals surface area contributed by atoms with Gasteiger partial charge in [0.25, 0.3) is 0 Å². The van der Waals surface area contributed by atoms with E-state index in [2.05, 4.69) is 37.4 Å². The first kappa shape index (κ1) is 11.3. The fourth-order valence-electron chi connectivity index (χ4n) is 1.51. The minimum atomic E-state index is 0.338. The first-order valence-corrected chi connectivity index (χ1v) is 6.34. The van der Waals surface area contributed by atoms with E-state index < -0.39 is 0 Å². The van der Waals surface area contributed by atoms with Crippen molar-refractivity contribution >= 4 is 11.8 Å². The summed E-state index contributed by atoms with van der Waals surface area (Å²) in [5.41, 5.74) is 6.06. The summed E-state index contributed by atoms with van der Waals surface area (Å²) in [5.74, 6) is 3.14. The summed E-state index contributed by atoms with van der Waals surface area (Å²) >= 11 is 2.06. The summed E-state index contributed by atoms with van der Waals surface area (Å²) in [5, 5.41) is 0. The molecule has 2 N–H and O–H groups in total. The van der Waals surface area contributed by atoms with Gasteiger partial charge in [-0.25, -0.2) is 0 Å². The fourth-order valence-corrected chi connectivity index (χ4v) is 2.60. The Morgan fingerprint density at radius 3 is 2.77 bits per heavy atom. The van der Waals surface area contributed by atoms with E-state index in [9.17, 15) is 0 Å². The van der Waals surface area contributed by atoms with Gasteiger partial charge in [-0.3, -0.25) is 4.90 Å². The number of nitrogens with two attached hydrogens (primary N) is 1. The van der Waals surface area contributed by atoms with E-state index in [1.165, 1.54) is 18.1 Å². The molecule has 0 aromatic rings. The zero-order chi connectivity index (χ0) is 9.84. The molecule has 13 heavy (non-hydrogen) atoms. The summed E-state index contributed by atoms with van der Waals surface area (Å²) in [6, 6.07) is 1.05. The van der Waals surface area contributed by atoms with Crippen LogP contribution in [0.25, 0.3) is 0 Å². The molecule has 0 radical (unpaired) electrons. The van der Waals surface area contributed by atoms with E-state index in [-0.39, 0.29) is 0 Å². The Kier molecular flexibility index (Phi) is 4.56. The molecule has 1 aliphatic rings. The number of hydrogen-bond acceptors (Lipinski definition) is 3. The second kappa shape index (κ2) is 5.23. The van der Waals surface area contributed by atoms with Gasteiger partial charge in [-0.05, 0) is 12.8 Å². The Bertz CT molecular complexity index is 150. The highest BCUT2D eigenvalue weighted by Gasteiger charge is 2.21. The highest BCUT2D eigenvalue weighted by atomic mass is 32.2. The normalized spacial score (nSPS) is 27.9. The van der Waals surface area contributed by atoms with Crippen LogP contribution in [0.1, 0.15) is 20.8 Å². The topological polar surface area (TPSA) is 29.3 Å². The lowest BCUT2D eigenvalue weighted by atomic mass is 10.0. The minimum absolute atomic E-state index is 0.338. The zero-order valence-corrected chi connectivity index (χ0v) is 9.81. The van der Waals surface area contributed by atoms with Crippen molar-refractivity contribution in [3.05, 3.63) is 0 Å². The van der Waals surface area contributed by atoms with Crippen molar-refractivity contribution in [3.63, 3.8) is 0 Å². The van der Waals surface area contributed by atoms with Crippen LogP contribution in [0.2, 0.25) is 0 Å². The van der Waals surface area contributed by atoms with E-state index in [1.807, 2.05) is 0 Å². The highest BCUT2D eigenvalue weighted by Crippen LogP contribution is 2.16. The quantitative estimate of drug-likeness (QED) is 0.750. The van der Waals surface area contributed by atoms with Gasteiger partial charge < -0.3 is 5.73 Å². The molecule has 1 fully saturated rings. The molecular weight excluding hydrogens is 180 g/mol. The van der Waals surface area contributed by atoms with Gasteiger partial charge in [0, 0.05) is 36.7 Å². The molecule has 78 valence electrons. The lowest BCUT2D eigenvalue weighted by Gasteiger charge is -2.35. The molecule has 0 bridgehead atoms. The van der Waals surface area contributed by atoms with Crippen molar-refractivity contribution in [3.8, 4) is 0 Å². The fraction of sp³-hybridized carbons (Fsp3) is 1.00. The van der Waals surface area contributed by atoms with Gasteiger partial charge in [0.2, 0.25) is 0 Å². The van der Waals surface area contributed by atoms with Crippen LogP contribution in [0.15, 0.2) is 0 Å². The molecule has 0 aliphatic carbocycles. The molecule has 0 saturated carbocycles. The van der Waals surface area contributed by atoms with Gasteiger partial charge in [0.1, 0.15) is 0 Å². The van der Waals surface area contributed by atoms with Gasteiger partial charge >= 0.3 is 0 Å². The smallest absolute Gasteiger partial charge is 0.0191 e. The summed E-state index contributed by atoms with van der Waals surface area (Å²) in [4.78, 5) is 2.53. The number of nitrogens with zero attached hydrogens (tertiary/aromatic N) is 1. The highest BCUT2D eigenvalue weighted by molar-refractivity contribution is 7.99. The van der Waals surface area contributed by atoms with Gasteiger partial charge in [-0.1, -0.05) is 13.8 Å². The van der Waals surface area contributed by atoms with Crippen LogP contribution < -0.4 is 5.73 Å². The van der Waals surface area contributed by atoms with E-state index in [1.54, 1.807) is 0 Å². The first-order valence-electron chi connectivity index (χ1n) is 5.18. The Balaban J connectivity index is 2.33. The molecule has 0 amide bonds. The summed E-state index contributed by atoms with van der Waals surface area (Å²) in [6.45, 7) is 8.99. The van der Waals surface area contributed by atoms with Crippen molar-refractivity contribution in [2.24, 2.45) is 11.7 Å². The Morgan fingerprint density at radius 2 is 2.23 bits per heavy atom. The van der Waals surface area contributed by atoms with E-state index >= 15 is 0 Å². The SMILES string of the molecule is CC(C)[C@@H](N)CN1CCSCC1C. The standard InChI is InChI=1S/C10H22N2S/c1-8(2)10(11)6-12-4-5-13-7-9(12)3/h8-10H,4-7,11H2,1-3H3/t9?,10-/m0/s1. The predicted octanol–water partition coefficient (Wildman–Crippen LogP) is 1.41. The van der Waals surface area contributed by atoms with Crippen LogP contribution in [0.3, 0.4) is 0 Å². The number of rotatable bonds is 3. The van der Waals surface area contributed by atoms with Crippen LogP contribution in [0.4, 0.5) is 0 Å². The molecule has 2 nitrogen and oxygen atoms in total. The van der Waals surface area contributed by atoms with Crippen molar-refractivity contribution in [2.75, 3.05) is 24.6 Å². The third-order valence-electron chi connectivity index (χ3n) is 2.81.